The number of carbonyl (C=O) groups excluding carboxylic acids is 1. The molecule has 0 radical (unpaired) electrons. The van der Waals surface area contributed by atoms with Gasteiger partial charge in [-0.25, -0.2) is 0 Å². The minimum absolute atomic E-state index is 0.0154. The van der Waals surface area contributed by atoms with Crippen LogP contribution in [0.25, 0.3) is 0 Å². The van der Waals surface area contributed by atoms with Crippen LogP contribution in [0.3, 0.4) is 0 Å². The summed E-state index contributed by atoms with van der Waals surface area (Å²) in [5.74, 6) is -1.62. The van der Waals surface area contributed by atoms with Crippen molar-refractivity contribution in [1.29, 1.82) is 0 Å². The molecule has 3 atom stereocenters. The number of rotatable bonds is 3. The second-order valence-electron chi connectivity index (χ2n) is 5.27. The highest BCUT2D eigenvalue weighted by molar-refractivity contribution is 5.85. The summed E-state index contributed by atoms with van der Waals surface area (Å²) in [6.07, 6.45) is 4.21. The van der Waals surface area contributed by atoms with E-state index < -0.39 is 11.9 Å². The SMILES string of the molecule is COC1CCCN(C(=O)[C@@H]2CCC[C@@H]2C(=O)O)C1. The maximum atomic E-state index is 12.4. The van der Waals surface area contributed by atoms with Gasteiger partial charge in [-0.1, -0.05) is 6.42 Å². The number of hydrogen-bond donors (Lipinski definition) is 1. The summed E-state index contributed by atoms with van der Waals surface area (Å²) >= 11 is 0. The molecule has 1 amide bonds. The highest BCUT2D eigenvalue weighted by Gasteiger charge is 2.40. The molecular formula is C13H21NO4. The lowest BCUT2D eigenvalue weighted by Gasteiger charge is -2.34. The predicted octanol–water partition coefficient (Wildman–Crippen LogP) is 1.12. The Hall–Kier alpha value is -1.10. The van der Waals surface area contributed by atoms with Gasteiger partial charge in [0.1, 0.15) is 0 Å². The van der Waals surface area contributed by atoms with Crippen molar-refractivity contribution in [2.24, 2.45) is 11.8 Å². The molecule has 1 N–H and O–H groups in total. The Morgan fingerprint density at radius 2 is 1.89 bits per heavy atom. The number of likely N-dealkylation sites (tertiary alicyclic amines) is 1. The highest BCUT2D eigenvalue weighted by Crippen LogP contribution is 2.34. The lowest BCUT2D eigenvalue weighted by molar-refractivity contribution is -0.150. The minimum atomic E-state index is -0.828. The molecule has 0 aromatic carbocycles. The summed E-state index contributed by atoms with van der Waals surface area (Å²) < 4.78 is 5.30. The molecule has 1 saturated heterocycles. The van der Waals surface area contributed by atoms with Crippen molar-refractivity contribution >= 4 is 11.9 Å². The van der Waals surface area contributed by atoms with Gasteiger partial charge in [0.05, 0.1) is 17.9 Å². The Labute approximate surface area is 107 Å². The van der Waals surface area contributed by atoms with Crippen LogP contribution in [0, 0.1) is 11.8 Å². The number of hydrogen-bond acceptors (Lipinski definition) is 3. The number of aliphatic carboxylic acids is 1. The van der Waals surface area contributed by atoms with Gasteiger partial charge in [-0.15, -0.1) is 0 Å². The van der Waals surface area contributed by atoms with Gasteiger partial charge in [0.2, 0.25) is 5.91 Å². The normalized spacial score (nSPS) is 32.5. The minimum Gasteiger partial charge on any atom is -0.481 e. The molecule has 1 aliphatic carbocycles. The molecule has 1 heterocycles. The van der Waals surface area contributed by atoms with Crippen LogP contribution in [-0.2, 0) is 14.3 Å². The fourth-order valence-electron chi connectivity index (χ4n) is 3.12. The summed E-state index contributed by atoms with van der Waals surface area (Å²) in [6.45, 7) is 1.35. The maximum Gasteiger partial charge on any atom is 0.307 e. The maximum absolute atomic E-state index is 12.4. The first-order chi connectivity index (χ1) is 8.63. The first kappa shape index (κ1) is 13.3. The zero-order valence-electron chi connectivity index (χ0n) is 10.8. The van der Waals surface area contributed by atoms with Crippen LogP contribution < -0.4 is 0 Å². The van der Waals surface area contributed by atoms with E-state index in [9.17, 15) is 9.59 Å². The van der Waals surface area contributed by atoms with Crippen LogP contribution >= 0.6 is 0 Å². The van der Waals surface area contributed by atoms with Crippen molar-refractivity contribution in [3.63, 3.8) is 0 Å². The molecule has 5 nitrogen and oxygen atoms in total. The van der Waals surface area contributed by atoms with Gasteiger partial charge in [0.15, 0.2) is 0 Å². The van der Waals surface area contributed by atoms with Crippen LogP contribution in [0.4, 0.5) is 0 Å². The van der Waals surface area contributed by atoms with Crippen LogP contribution in [0.2, 0.25) is 0 Å². The van der Waals surface area contributed by atoms with Crippen molar-refractivity contribution in [3.05, 3.63) is 0 Å². The molecule has 0 aromatic rings. The van der Waals surface area contributed by atoms with Crippen molar-refractivity contribution < 1.29 is 19.4 Å². The lowest BCUT2D eigenvalue weighted by Crippen LogP contribution is -2.46. The molecule has 1 saturated carbocycles. The number of methoxy groups -OCH3 is 1. The second-order valence-corrected chi connectivity index (χ2v) is 5.27. The molecule has 1 unspecified atom stereocenters. The Kier molecular flexibility index (Phi) is 4.22. The number of carboxylic acid groups (broad SMARTS) is 1. The number of nitrogens with zero attached hydrogens (tertiary/aromatic N) is 1. The summed E-state index contributed by atoms with van der Waals surface area (Å²) in [6, 6.07) is 0. The smallest absolute Gasteiger partial charge is 0.307 e. The van der Waals surface area contributed by atoms with Gasteiger partial charge in [0.25, 0.3) is 0 Å². The largest absolute Gasteiger partial charge is 0.481 e. The predicted molar refractivity (Wildman–Crippen MR) is 65.1 cm³/mol. The monoisotopic (exact) mass is 255 g/mol. The summed E-state index contributed by atoms with van der Waals surface area (Å²) in [5, 5.41) is 9.13. The number of ether oxygens (including phenoxy) is 1. The third kappa shape index (κ3) is 2.66. The zero-order valence-corrected chi connectivity index (χ0v) is 10.8. The van der Waals surface area contributed by atoms with E-state index in [-0.39, 0.29) is 17.9 Å². The molecule has 5 heteroatoms. The standard InChI is InChI=1S/C13H21NO4/c1-18-9-4-3-7-14(8-9)12(15)10-5-2-6-11(10)13(16)17/h9-11H,2-8H2,1H3,(H,16,17)/t9?,10-,11+/m1/s1. The fourth-order valence-corrected chi connectivity index (χ4v) is 3.12. The van der Waals surface area contributed by atoms with Crippen LogP contribution in [0.5, 0.6) is 0 Å². The average Bonchev–Trinajstić information content (AvgIpc) is 2.87. The van der Waals surface area contributed by atoms with E-state index in [1.54, 1.807) is 12.0 Å². The van der Waals surface area contributed by atoms with Crippen LogP contribution in [-0.4, -0.2) is 48.2 Å². The topological polar surface area (TPSA) is 66.8 Å². The molecule has 2 aliphatic rings. The quantitative estimate of drug-likeness (QED) is 0.820. The van der Waals surface area contributed by atoms with Crippen molar-refractivity contribution in [2.75, 3.05) is 20.2 Å². The fraction of sp³-hybridized carbons (Fsp3) is 0.846. The Morgan fingerprint density at radius 3 is 2.56 bits per heavy atom. The van der Waals surface area contributed by atoms with Gasteiger partial charge >= 0.3 is 5.97 Å². The van der Waals surface area contributed by atoms with Gasteiger partial charge in [-0.3, -0.25) is 9.59 Å². The first-order valence-corrected chi connectivity index (χ1v) is 6.68. The van der Waals surface area contributed by atoms with Crippen molar-refractivity contribution in [3.8, 4) is 0 Å². The number of amides is 1. The second kappa shape index (κ2) is 5.69. The molecule has 0 spiro atoms. The average molecular weight is 255 g/mol. The number of piperidine rings is 1. The summed E-state index contributed by atoms with van der Waals surface area (Å²) in [4.78, 5) is 25.3. The van der Waals surface area contributed by atoms with E-state index in [4.69, 9.17) is 9.84 Å². The van der Waals surface area contributed by atoms with Gasteiger partial charge in [0, 0.05) is 20.2 Å². The Bertz CT molecular complexity index is 331. The van der Waals surface area contributed by atoms with E-state index >= 15 is 0 Å². The highest BCUT2D eigenvalue weighted by atomic mass is 16.5. The lowest BCUT2D eigenvalue weighted by atomic mass is 9.93. The van der Waals surface area contributed by atoms with Gasteiger partial charge < -0.3 is 14.7 Å². The molecule has 1 aliphatic heterocycles. The summed E-state index contributed by atoms with van der Waals surface area (Å²) in [7, 11) is 1.66. The molecular weight excluding hydrogens is 234 g/mol. The van der Waals surface area contributed by atoms with E-state index in [0.29, 0.717) is 19.4 Å². The Morgan fingerprint density at radius 1 is 1.17 bits per heavy atom. The molecule has 2 fully saturated rings. The van der Waals surface area contributed by atoms with Crippen molar-refractivity contribution in [2.45, 2.75) is 38.2 Å². The summed E-state index contributed by atoms with van der Waals surface area (Å²) in [5.41, 5.74) is 0. The zero-order chi connectivity index (χ0) is 13.1. The first-order valence-electron chi connectivity index (χ1n) is 6.68. The van der Waals surface area contributed by atoms with Gasteiger partial charge in [-0.05, 0) is 25.7 Å². The molecule has 2 rings (SSSR count). The molecule has 0 bridgehead atoms. The van der Waals surface area contributed by atoms with E-state index in [2.05, 4.69) is 0 Å². The van der Waals surface area contributed by atoms with Gasteiger partial charge in [-0.2, -0.15) is 0 Å². The van der Waals surface area contributed by atoms with E-state index in [1.807, 2.05) is 0 Å². The molecule has 102 valence electrons. The molecule has 0 aromatic heterocycles. The molecule has 18 heavy (non-hydrogen) atoms. The number of carbonyl (C=O) groups is 2. The van der Waals surface area contributed by atoms with Crippen LogP contribution in [0.1, 0.15) is 32.1 Å². The van der Waals surface area contributed by atoms with Crippen molar-refractivity contribution in [1.82, 2.24) is 4.90 Å². The van der Waals surface area contributed by atoms with Crippen LogP contribution in [0.15, 0.2) is 0 Å². The van der Waals surface area contributed by atoms with E-state index in [1.165, 1.54) is 0 Å². The Balaban J connectivity index is 1.99. The third-order valence-electron chi connectivity index (χ3n) is 4.17. The van der Waals surface area contributed by atoms with E-state index in [0.717, 1.165) is 25.8 Å². The third-order valence-corrected chi connectivity index (χ3v) is 4.17. The number of carboxylic acids is 1.